The fourth-order valence-electron chi connectivity index (χ4n) is 1.71. The Kier molecular flexibility index (Phi) is 3.19. The van der Waals surface area contributed by atoms with Gasteiger partial charge in [0.1, 0.15) is 5.75 Å². The number of hydrogen-bond acceptors (Lipinski definition) is 3. The van der Waals surface area contributed by atoms with Crippen molar-refractivity contribution in [2.45, 2.75) is 19.8 Å². The summed E-state index contributed by atoms with van der Waals surface area (Å²) in [6, 6.07) is 6.21. The lowest BCUT2D eigenvalue weighted by molar-refractivity contribution is 0.409. The van der Waals surface area contributed by atoms with E-state index < -0.39 is 0 Å². The summed E-state index contributed by atoms with van der Waals surface area (Å²) >= 11 is 0. The highest BCUT2D eigenvalue weighted by Crippen LogP contribution is 2.20. The molecule has 1 N–H and O–H groups in total. The zero-order valence-electron chi connectivity index (χ0n) is 9.53. The number of rotatable bonds is 4. The second-order valence-electron chi connectivity index (χ2n) is 3.78. The fraction of sp³-hybridized carbons (Fsp3) is 0.333. The molecule has 0 radical (unpaired) electrons. The SMILES string of the molecule is COc1ccc(C)cc1CCc1cn[nH]n1. The molecule has 0 aliphatic rings. The molecule has 2 aromatic rings. The number of nitrogens with one attached hydrogen (secondary N) is 1. The van der Waals surface area contributed by atoms with Gasteiger partial charge in [0.2, 0.25) is 0 Å². The summed E-state index contributed by atoms with van der Waals surface area (Å²) in [4.78, 5) is 0. The normalized spacial score (nSPS) is 10.4. The van der Waals surface area contributed by atoms with Crippen molar-refractivity contribution in [1.29, 1.82) is 0 Å². The molecule has 0 amide bonds. The maximum Gasteiger partial charge on any atom is 0.122 e. The van der Waals surface area contributed by atoms with Crippen molar-refractivity contribution in [2.75, 3.05) is 7.11 Å². The van der Waals surface area contributed by atoms with E-state index in [1.165, 1.54) is 11.1 Å². The van der Waals surface area contributed by atoms with Gasteiger partial charge in [-0.3, -0.25) is 0 Å². The first kappa shape index (κ1) is 10.7. The topological polar surface area (TPSA) is 50.8 Å². The predicted molar refractivity (Wildman–Crippen MR) is 61.5 cm³/mol. The highest BCUT2D eigenvalue weighted by Gasteiger charge is 2.04. The zero-order valence-corrected chi connectivity index (χ0v) is 9.53. The average molecular weight is 217 g/mol. The summed E-state index contributed by atoms with van der Waals surface area (Å²) in [6.45, 7) is 2.08. The number of methoxy groups -OCH3 is 1. The Morgan fingerprint density at radius 3 is 2.88 bits per heavy atom. The Bertz CT molecular complexity index is 451. The highest BCUT2D eigenvalue weighted by molar-refractivity contribution is 5.37. The number of aryl methyl sites for hydroxylation is 3. The molecule has 0 saturated carbocycles. The molecule has 0 atom stereocenters. The van der Waals surface area contributed by atoms with Crippen molar-refractivity contribution in [3.63, 3.8) is 0 Å². The smallest absolute Gasteiger partial charge is 0.122 e. The van der Waals surface area contributed by atoms with Gasteiger partial charge in [-0.05, 0) is 31.4 Å². The third-order valence-corrected chi connectivity index (χ3v) is 2.55. The molecule has 2 rings (SSSR count). The van der Waals surface area contributed by atoms with Gasteiger partial charge in [-0.15, -0.1) is 0 Å². The standard InChI is InChI=1S/C12H15N3O/c1-9-3-6-12(16-2)10(7-9)4-5-11-8-13-15-14-11/h3,6-8H,4-5H2,1-2H3,(H,13,14,15). The van der Waals surface area contributed by atoms with Crippen LogP contribution in [0.4, 0.5) is 0 Å². The molecule has 0 spiro atoms. The second kappa shape index (κ2) is 4.79. The third kappa shape index (κ3) is 2.39. The molecule has 1 aromatic carbocycles. The summed E-state index contributed by atoms with van der Waals surface area (Å²) in [5, 5.41) is 10.4. The largest absolute Gasteiger partial charge is 0.496 e. The lowest BCUT2D eigenvalue weighted by Gasteiger charge is -2.08. The quantitative estimate of drug-likeness (QED) is 0.851. The van der Waals surface area contributed by atoms with Crippen molar-refractivity contribution in [3.05, 3.63) is 41.2 Å². The minimum Gasteiger partial charge on any atom is -0.496 e. The number of hydrogen-bond donors (Lipinski definition) is 1. The average Bonchev–Trinajstić information content (AvgIpc) is 2.79. The molecule has 0 aliphatic heterocycles. The van der Waals surface area contributed by atoms with Crippen molar-refractivity contribution in [1.82, 2.24) is 15.4 Å². The molecule has 0 aliphatic carbocycles. The molecule has 4 heteroatoms. The van der Waals surface area contributed by atoms with Crippen LogP contribution in [0.5, 0.6) is 5.75 Å². The maximum absolute atomic E-state index is 5.33. The second-order valence-corrected chi connectivity index (χ2v) is 3.78. The van der Waals surface area contributed by atoms with Gasteiger partial charge in [-0.1, -0.05) is 17.7 Å². The molecular weight excluding hydrogens is 202 g/mol. The first-order valence-corrected chi connectivity index (χ1v) is 5.28. The van der Waals surface area contributed by atoms with Gasteiger partial charge >= 0.3 is 0 Å². The van der Waals surface area contributed by atoms with Crippen LogP contribution in [0.3, 0.4) is 0 Å². The summed E-state index contributed by atoms with van der Waals surface area (Å²) in [5.74, 6) is 0.939. The first-order valence-electron chi connectivity index (χ1n) is 5.28. The molecule has 1 heterocycles. The Morgan fingerprint density at radius 2 is 2.19 bits per heavy atom. The number of ether oxygens (including phenoxy) is 1. The van der Waals surface area contributed by atoms with Gasteiger partial charge in [0.25, 0.3) is 0 Å². The number of H-pyrrole nitrogens is 1. The molecule has 0 saturated heterocycles. The van der Waals surface area contributed by atoms with Gasteiger partial charge < -0.3 is 4.74 Å². The van der Waals surface area contributed by atoms with Gasteiger partial charge in [-0.2, -0.15) is 15.4 Å². The van der Waals surface area contributed by atoms with Gasteiger partial charge in [0, 0.05) is 0 Å². The molecule has 1 aromatic heterocycles. The van der Waals surface area contributed by atoms with Crippen LogP contribution >= 0.6 is 0 Å². The Balaban J connectivity index is 2.11. The van der Waals surface area contributed by atoms with E-state index in [0.717, 1.165) is 24.3 Å². The zero-order chi connectivity index (χ0) is 11.4. The predicted octanol–water partition coefficient (Wildman–Crippen LogP) is 1.91. The first-order chi connectivity index (χ1) is 7.79. The van der Waals surface area contributed by atoms with E-state index in [1.54, 1.807) is 13.3 Å². The van der Waals surface area contributed by atoms with Crippen LogP contribution in [0.15, 0.2) is 24.4 Å². The number of benzene rings is 1. The monoisotopic (exact) mass is 217 g/mol. The van der Waals surface area contributed by atoms with E-state index in [9.17, 15) is 0 Å². The van der Waals surface area contributed by atoms with Crippen LogP contribution in [0.1, 0.15) is 16.8 Å². The van der Waals surface area contributed by atoms with Crippen LogP contribution < -0.4 is 4.74 Å². The Hall–Kier alpha value is -1.84. The molecule has 4 nitrogen and oxygen atoms in total. The number of aromatic amines is 1. The molecule has 0 fully saturated rings. The minimum atomic E-state index is 0.871. The van der Waals surface area contributed by atoms with Crippen LogP contribution in [0.25, 0.3) is 0 Å². The number of nitrogens with zero attached hydrogens (tertiary/aromatic N) is 2. The van der Waals surface area contributed by atoms with Crippen LogP contribution in [-0.4, -0.2) is 22.5 Å². The molecular formula is C12H15N3O. The van der Waals surface area contributed by atoms with Crippen molar-refractivity contribution >= 4 is 0 Å². The molecule has 84 valence electrons. The fourth-order valence-corrected chi connectivity index (χ4v) is 1.71. The van der Waals surface area contributed by atoms with Crippen molar-refractivity contribution in [2.24, 2.45) is 0 Å². The Labute approximate surface area is 94.6 Å². The Morgan fingerprint density at radius 1 is 1.31 bits per heavy atom. The van der Waals surface area contributed by atoms with Crippen LogP contribution in [0, 0.1) is 6.92 Å². The molecule has 16 heavy (non-hydrogen) atoms. The van der Waals surface area contributed by atoms with Gasteiger partial charge in [0.05, 0.1) is 19.0 Å². The van der Waals surface area contributed by atoms with E-state index in [-0.39, 0.29) is 0 Å². The third-order valence-electron chi connectivity index (χ3n) is 2.55. The lowest BCUT2D eigenvalue weighted by atomic mass is 10.0. The maximum atomic E-state index is 5.33. The number of aromatic nitrogens is 3. The minimum absolute atomic E-state index is 0.871. The van der Waals surface area contributed by atoms with E-state index in [4.69, 9.17) is 4.74 Å². The summed E-state index contributed by atoms with van der Waals surface area (Å²) in [6.07, 6.45) is 3.54. The van der Waals surface area contributed by atoms with E-state index >= 15 is 0 Å². The van der Waals surface area contributed by atoms with Crippen molar-refractivity contribution in [3.8, 4) is 5.75 Å². The van der Waals surface area contributed by atoms with E-state index in [0.29, 0.717) is 0 Å². The molecule has 0 unspecified atom stereocenters. The van der Waals surface area contributed by atoms with Gasteiger partial charge in [-0.25, -0.2) is 0 Å². The summed E-state index contributed by atoms with van der Waals surface area (Å²) in [7, 11) is 1.70. The summed E-state index contributed by atoms with van der Waals surface area (Å²) < 4.78 is 5.33. The van der Waals surface area contributed by atoms with Crippen molar-refractivity contribution < 1.29 is 4.74 Å². The van der Waals surface area contributed by atoms with Crippen LogP contribution in [-0.2, 0) is 12.8 Å². The molecule has 0 bridgehead atoms. The van der Waals surface area contributed by atoms with Gasteiger partial charge in [0.15, 0.2) is 0 Å². The lowest BCUT2D eigenvalue weighted by Crippen LogP contribution is -1.96. The van der Waals surface area contributed by atoms with Crippen LogP contribution in [0.2, 0.25) is 0 Å². The van der Waals surface area contributed by atoms with E-state index in [2.05, 4.69) is 34.5 Å². The highest BCUT2D eigenvalue weighted by atomic mass is 16.5. The van der Waals surface area contributed by atoms with E-state index in [1.807, 2.05) is 6.07 Å². The summed E-state index contributed by atoms with van der Waals surface area (Å²) in [5.41, 5.74) is 3.44.